The van der Waals surface area contributed by atoms with Crippen LogP contribution < -0.4 is 5.32 Å². The number of nitro benzene ring substituents is 1. The van der Waals surface area contributed by atoms with Crippen molar-refractivity contribution in [2.45, 2.75) is 119 Å². The number of esters is 1. The molecule has 1 aromatic carbocycles. The van der Waals surface area contributed by atoms with Crippen LogP contribution in [0.25, 0.3) is 0 Å². The van der Waals surface area contributed by atoms with Crippen molar-refractivity contribution < 1.29 is 24.0 Å². The second-order valence-corrected chi connectivity index (χ2v) is 17.4. The molecule has 6 rings (SSSR count). The molecule has 4 fully saturated rings. The number of hydrogen-bond donors (Lipinski definition) is 1. The first-order chi connectivity index (χ1) is 21.3. The lowest BCUT2D eigenvalue weighted by Gasteiger charge is -2.70. The number of ketones is 1. The molecule has 5 aliphatic rings. The van der Waals surface area contributed by atoms with Crippen LogP contribution in [0.3, 0.4) is 0 Å². The number of ether oxygens (including phenoxy) is 1. The maximum atomic E-state index is 14.7. The van der Waals surface area contributed by atoms with E-state index < -0.39 is 10.3 Å². The van der Waals surface area contributed by atoms with Gasteiger partial charge in [0.05, 0.1) is 4.92 Å². The van der Waals surface area contributed by atoms with Gasteiger partial charge in [-0.15, -0.1) is 0 Å². The maximum absolute atomic E-state index is 14.7. The molecule has 250 valence electrons. The van der Waals surface area contributed by atoms with Gasteiger partial charge >= 0.3 is 5.97 Å². The summed E-state index contributed by atoms with van der Waals surface area (Å²) in [6.07, 6.45) is 9.65. The lowest BCUT2D eigenvalue weighted by Crippen LogP contribution is -2.66. The average molecular weight is 633 g/mol. The average Bonchev–Trinajstić information content (AvgIpc) is 2.96. The summed E-state index contributed by atoms with van der Waals surface area (Å²) in [7, 11) is 0. The Morgan fingerprint density at radius 1 is 0.935 bits per heavy atom. The molecular weight excluding hydrogens is 580 g/mol. The van der Waals surface area contributed by atoms with Crippen LogP contribution in [0.2, 0.25) is 0 Å². The maximum Gasteiger partial charge on any atom is 0.302 e. The van der Waals surface area contributed by atoms with E-state index in [4.69, 9.17) is 4.74 Å². The van der Waals surface area contributed by atoms with E-state index in [0.29, 0.717) is 12.8 Å². The third-order valence-corrected chi connectivity index (χ3v) is 14.7. The Bertz CT molecular complexity index is 1530. The Kier molecular flexibility index (Phi) is 7.50. The molecule has 0 bridgehead atoms. The van der Waals surface area contributed by atoms with Gasteiger partial charge in [-0.2, -0.15) is 0 Å². The number of allylic oxidation sites excluding steroid dienone is 2. The van der Waals surface area contributed by atoms with Crippen molar-refractivity contribution in [3.8, 4) is 0 Å². The van der Waals surface area contributed by atoms with Gasteiger partial charge in [-0.25, -0.2) is 0 Å². The third-order valence-electron chi connectivity index (χ3n) is 14.7. The van der Waals surface area contributed by atoms with Gasteiger partial charge in [-0.3, -0.25) is 24.5 Å². The highest BCUT2D eigenvalue weighted by Crippen LogP contribution is 2.75. The first-order valence-electron chi connectivity index (χ1n) is 17.3. The fourth-order valence-corrected chi connectivity index (χ4v) is 11.8. The number of nitro groups is 1. The number of amides is 1. The van der Waals surface area contributed by atoms with Crippen LogP contribution in [0.1, 0.15) is 113 Å². The monoisotopic (exact) mass is 632 g/mol. The zero-order valence-electron chi connectivity index (χ0n) is 29.0. The first-order valence-corrected chi connectivity index (χ1v) is 17.3. The molecule has 0 radical (unpaired) electrons. The predicted octanol–water partition coefficient (Wildman–Crippen LogP) is 8.45. The summed E-state index contributed by atoms with van der Waals surface area (Å²) in [5.41, 5.74) is -0.263. The molecule has 0 aromatic heterocycles. The summed E-state index contributed by atoms with van der Waals surface area (Å²) in [5.74, 6) is 0.0107. The molecule has 0 aliphatic heterocycles. The van der Waals surface area contributed by atoms with E-state index in [-0.39, 0.29) is 80.0 Å². The molecule has 4 saturated carbocycles. The molecule has 1 N–H and O–H groups in total. The number of carbonyl (C=O) groups excluding carboxylic acids is 3. The second kappa shape index (κ2) is 10.5. The van der Waals surface area contributed by atoms with Gasteiger partial charge in [0, 0.05) is 29.7 Å². The summed E-state index contributed by atoms with van der Waals surface area (Å²) in [4.78, 5) is 51.8. The minimum Gasteiger partial charge on any atom is -0.462 e. The first kappa shape index (κ1) is 32.9. The Hall–Kier alpha value is -3.03. The molecule has 0 heterocycles. The highest BCUT2D eigenvalue weighted by molar-refractivity contribution is 5.98. The van der Waals surface area contributed by atoms with Crippen LogP contribution in [0.4, 0.5) is 11.4 Å². The van der Waals surface area contributed by atoms with Crippen molar-refractivity contribution in [1.82, 2.24) is 0 Å². The van der Waals surface area contributed by atoms with E-state index in [2.05, 4.69) is 46.9 Å². The van der Waals surface area contributed by atoms with Crippen molar-refractivity contribution in [1.29, 1.82) is 0 Å². The predicted molar refractivity (Wildman–Crippen MR) is 177 cm³/mol. The van der Waals surface area contributed by atoms with Gasteiger partial charge < -0.3 is 10.1 Å². The normalized spacial score (nSPS) is 42.7. The Labute approximate surface area is 273 Å². The molecule has 0 saturated heterocycles. The van der Waals surface area contributed by atoms with Gasteiger partial charge in [0.15, 0.2) is 5.78 Å². The van der Waals surface area contributed by atoms with Gasteiger partial charge in [0.1, 0.15) is 11.8 Å². The van der Waals surface area contributed by atoms with Crippen molar-refractivity contribution in [3.63, 3.8) is 0 Å². The minimum absolute atomic E-state index is 0.0153. The molecule has 46 heavy (non-hydrogen) atoms. The highest BCUT2D eigenvalue weighted by Gasteiger charge is 2.70. The topological polar surface area (TPSA) is 116 Å². The van der Waals surface area contributed by atoms with Crippen molar-refractivity contribution in [2.75, 3.05) is 5.32 Å². The van der Waals surface area contributed by atoms with Gasteiger partial charge in [-0.1, -0.05) is 66.2 Å². The smallest absolute Gasteiger partial charge is 0.302 e. The van der Waals surface area contributed by atoms with E-state index in [9.17, 15) is 24.5 Å². The lowest BCUT2D eigenvalue weighted by atomic mass is 9.33. The molecule has 8 nitrogen and oxygen atoms in total. The summed E-state index contributed by atoms with van der Waals surface area (Å²) in [6.45, 7) is 17.4. The number of hydrogen-bond acceptors (Lipinski definition) is 6. The van der Waals surface area contributed by atoms with Crippen LogP contribution >= 0.6 is 0 Å². The van der Waals surface area contributed by atoms with Crippen molar-refractivity contribution in [3.05, 3.63) is 46.0 Å². The summed E-state index contributed by atoms with van der Waals surface area (Å²) in [5, 5.41) is 14.6. The quantitative estimate of drug-likeness (QED) is 0.202. The fourth-order valence-electron chi connectivity index (χ4n) is 11.8. The number of rotatable bonds is 4. The number of anilines is 1. The van der Waals surface area contributed by atoms with Gasteiger partial charge in [-0.05, 0) is 103 Å². The molecule has 0 unspecified atom stereocenters. The second-order valence-electron chi connectivity index (χ2n) is 17.4. The highest BCUT2D eigenvalue weighted by atomic mass is 16.6. The fraction of sp³-hybridized carbons (Fsp3) is 0.711. The zero-order chi connectivity index (χ0) is 33.7. The minimum atomic E-state index is -0.726. The van der Waals surface area contributed by atoms with Crippen LogP contribution in [0, 0.1) is 60.4 Å². The van der Waals surface area contributed by atoms with Crippen LogP contribution in [-0.2, 0) is 19.1 Å². The van der Waals surface area contributed by atoms with E-state index in [1.165, 1.54) is 18.6 Å². The number of fused-ring (bicyclic) bond motifs is 7. The Morgan fingerprint density at radius 3 is 2.28 bits per heavy atom. The molecule has 9 atom stereocenters. The summed E-state index contributed by atoms with van der Waals surface area (Å²) < 4.78 is 5.86. The van der Waals surface area contributed by atoms with Gasteiger partial charge in [0.25, 0.3) is 5.69 Å². The number of nitrogens with zero attached hydrogens (tertiary/aromatic N) is 1. The van der Waals surface area contributed by atoms with Gasteiger partial charge in [0.2, 0.25) is 5.91 Å². The third kappa shape index (κ3) is 4.55. The van der Waals surface area contributed by atoms with E-state index in [0.717, 1.165) is 44.9 Å². The molecule has 8 heteroatoms. The zero-order valence-corrected chi connectivity index (χ0v) is 29.0. The lowest BCUT2D eigenvalue weighted by molar-refractivity contribution is -0.383. The standard InChI is InChI=1S/C38H52N2O6/c1-23(41)46-30-14-15-36(6)29(33(30,2)3)13-16-38(8)31(36)28(42)21-24-25-22-35(5,18-17-34(25,4)19-20-37(24,38)7)32(43)39-26-11-9-10-12-27(26)40(44)45/h9-12,21,25,29-31H,13-20,22H2,1-8H3,(H,39,43)/t25-,29+,30+,31+,34-,35+,36+,37-,38+/m0/s1. The number of para-hydroxylation sites is 2. The molecule has 1 amide bonds. The Morgan fingerprint density at radius 2 is 1.61 bits per heavy atom. The Balaban J connectivity index is 1.35. The molecule has 1 aromatic rings. The van der Waals surface area contributed by atoms with Crippen molar-refractivity contribution in [2.24, 2.45) is 50.2 Å². The van der Waals surface area contributed by atoms with Crippen molar-refractivity contribution >= 4 is 29.0 Å². The van der Waals surface area contributed by atoms with E-state index in [1.807, 2.05) is 13.0 Å². The van der Waals surface area contributed by atoms with Crippen LogP contribution in [-0.4, -0.2) is 28.7 Å². The van der Waals surface area contributed by atoms with Crippen LogP contribution in [0.5, 0.6) is 0 Å². The largest absolute Gasteiger partial charge is 0.462 e. The summed E-state index contributed by atoms with van der Waals surface area (Å²) in [6, 6.07) is 6.30. The van der Waals surface area contributed by atoms with E-state index in [1.54, 1.807) is 18.2 Å². The summed E-state index contributed by atoms with van der Waals surface area (Å²) >= 11 is 0. The van der Waals surface area contributed by atoms with E-state index >= 15 is 0 Å². The number of benzene rings is 1. The molecular formula is C38H52N2O6. The molecule has 5 aliphatic carbocycles. The SMILES string of the molecule is CC(=O)O[C@@H]1CC[C@]2(C)[C@H](CC[C@]3(C)[C@@H]2C(=O)C=C2[C@@H]4C[C@](C)(C(=O)Nc5ccccc5[N+](=O)[O-])CC[C@@]4(C)CC[C@@]23C)C1(C)C. The van der Waals surface area contributed by atoms with Crippen LogP contribution in [0.15, 0.2) is 35.9 Å². The molecule has 0 spiro atoms. The number of carbonyl (C=O) groups is 3. The number of nitrogens with one attached hydrogen (secondary N) is 1.